The summed E-state index contributed by atoms with van der Waals surface area (Å²) in [4.78, 5) is 23.1. The van der Waals surface area contributed by atoms with Crippen LogP contribution in [0, 0.1) is 5.92 Å². The first kappa shape index (κ1) is 15.3. The molecular formula is C19H19N3OS. The predicted octanol–water partition coefficient (Wildman–Crippen LogP) is 3.79. The van der Waals surface area contributed by atoms with Crippen LogP contribution >= 0.6 is 11.3 Å². The van der Waals surface area contributed by atoms with Gasteiger partial charge in [-0.2, -0.15) is 0 Å². The van der Waals surface area contributed by atoms with E-state index in [4.69, 9.17) is 0 Å². The zero-order valence-corrected chi connectivity index (χ0v) is 14.2. The van der Waals surface area contributed by atoms with Crippen molar-refractivity contribution in [1.82, 2.24) is 14.9 Å². The molecular weight excluding hydrogens is 318 g/mol. The SMILES string of the molecule is O=C(c1cscn1)N1CCCC(Cc2cccc3ncccc23)C1. The molecule has 122 valence electrons. The minimum absolute atomic E-state index is 0.0699. The Hall–Kier alpha value is -2.27. The molecule has 0 saturated carbocycles. The van der Waals surface area contributed by atoms with Gasteiger partial charge < -0.3 is 4.90 Å². The fourth-order valence-electron chi connectivity index (χ4n) is 3.55. The lowest BCUT2D eigenvalue weighted by Crippen LogP contribution is -2.40. The second-order valence-electron chi connectivity index (χ2n) is 6.32. The van der Waals surface area contributed by atoms with Gasteiger partial charge >= 0.3 is 0 Å². The van der Waals surface area contributed by atoms with Gasteiger partial charge in [0.05, 0.1) is 11.0 Å². The summed E-state index contributed by atoms with van der Waals surface area (Å²) in [6.45, 7) is 1.65. The van der Waals surface area contributed by atoms with Crippen molar-refractivity contribution in [3.8, 4) is 0 Å². The molecule has 0 aliphatic carbocycles. The molecule has 5 heteroatoms. The molecule has 3 heterocycles. The zero-order valence-electron chi connectivity index (χ0n) is 13.4. The van der Waals surface area contributed by atoms with Gasteiger partial charge in [0.1, 0.15) is 5.69 Å². The number of pyridine rings is 1. The highest BCUT2D eigenvalue weighted by molar-refractivity contribution is 7.07. The molecule has 1 aliphatic heterocycles. The van der Waals surface area contributed by atoms with Crippen LogP contribution in [0.2, 0.25) is 0 Å². The molecule has 0 spiro atoms. The first-order valence-electron chi connectivity index (χ1n) is 8.31. The molecule has 1 aliphatic rings. The van der Waals surface area contributed by atoms with E-state index in [2.05, 4.69) is 34.2 Å². The van der Waals surface area contributed by atoms with Crippen LogP contribution in [0.15, 0.2) is 47.4 Å². The number of carbonyl (C=O) groups is 1. The highest BCUT2D eigenvalue weighted by atomic mass is 32.1. The Kier molecular flexibility index (Phi) is 4.26. The average Bonchev–Trinajstić information content (AvgIpc) is 3.16. The van der Waals surface area contributed by atoms with Crippen molar-refractivity contribution in [2.75, 3.05) is 13.1 Å². The van der Waals surface area contributed by atoms with Gasteiger partial charge in [0.25, 0.3) is 5.91 Å². The van der Waals surface area contributed by atoms with E-state index in [-0.39, 0.29) is 5.91 Å². The summed E-state index contributed by atoms with van der Waals surface area (Å²) in [7, 11) is 0. The number of likely N-dealkylation sites (tertiary alicyclic amines) is 1. The summed E-state index contributed by atoms with van der Waals surface area (Å²) < 4.78 is 0. The average molecular weight is 337 g/mol. The van der Waals surface area contributed by atoms with E-state index in [1.165, 1.54) is 22.3 Å². The molecule has 3 aromatic rings. The lowest BCUT2D eigenvalue weighted by molar-refractivity contribution is 0.0668. The molecule has 1 atom stereocenters. The number of hydrogen-bond donors (Lipinski definition) is 0. The van der Waals surface area contributed by atoms with Crippen molar-refractivity contribution >= 4 is 28.1 Å². The van der Waals surface area contributed by atoms with Crippen molar-refractivity contribution in [3.63, 3.8) is 0 Å². The molecule has 24 heavy (non-hydrogen) atoms. The lowest BCUT2D eigenvalue weighted by atomic mass is 9.89. The Labute approximate surface area is 145 Å². The first-order valence-corrected chi connectivity index (χ1v) is 9.25. The van der Waals surface area contributed by atoms with Crippen molar-refractivity contribution in [2.45, 2.75) is 19.3 Å². The van der Waals surface area contributed by atoms with Crippen LogP contribution < -0.4 is 0 Å². The minimum atomic E-state index is 0.0699. The maximum Gasteiger partial charge on any atom is 0.273 e. The molecule has 4 rings (SSSR count). The van der Waals surface area contributed by atoms with Gasteiger partial charge in [-0.1, -0.05) is 18.2 Å². The van der Waals surface area contributed by atoms with Gasteiger partial charge in [-0.15, -0.1) is 11.3 Å². The summed E-state index contributed by atoms with van der Waals surface area (Å²) in [5, 5.41) is 3.06. The van der Waals surface area contributed by atoms with Gasteiger partial charge in [-0.05, 0) is 42.9 Å². The van der Waals surface area contributed by atoms with Crippen LogP contribution in [-0.4, -0.2) is 33.9 Å². The molecule has 1 saturated heterocycles. The monoisotopic (exact) mass is 337 g/mol. The van der Waals surface area contributed by atoms with Crippen molar-refractivity contribution in [2.24, 2.45) is 5.92 Å². The third kappa shape index (κ3) is 3.04. The second-order valence-corrected chi connectivity index (χ2v) is 7.04. The van der Waals surface area contributed by atoms with Gasteiger partial charge in [0.2, 0.25) is 0 Å². The molecule has 1 aromatic carbocycles. The van der Waals surface area contributed by atoms with Crippen LogP contribution in [0.25, 0.3) is 10.9 Å². The molecule has 2 aromatic heterocycles. The minimum Gasteiger partial charge on any atom is -0.337 e. The smallest absolute Gasteiger partial charge is 0.273 e. The molecule has 1 fully saturated rings. The molecule has 0 N–H and O–H groups in total. The summed E-state index contributed by atoms with van der Waals surface area (Å²) in [6, 6.07) is 10.4. The summed E-state index contributed by atoms with van der Waals surface area (Å²) in [6.07, 6.45) is 5.05. The van der Waals surface area contributed by atoms with Crippen LogP contribution in [0.1, 0.15) is 28.9 Å². The highest BCUT2D eigenvalue weighted by Gasteiger charge is 2.25. The topological polar surface area (TPSA) is 46.1 Å². The Balaban J connectivity index is 1.51. The number of aromatic nitrogens is 2. The number of hydrogen-bond acceptors (Lipinski definition) is 4. The largest absolute Gasteiger partial charge is 0.337 e. The van der Waals surface area contributed by atoms with Crippen molar-refractivity contribution in [1.29, 1.82) is 0 Å². The Bertz CT molecular complexity index is 841. The van der Waals surface area contributed by atoms with Crippen molar-refractivity contribution in [3.05, 3.63) is 58.7 Å². The quantitative estimate of drug-likeness (QED) is 0.730. The van der Waals surface area contributed by atoms with E-state index in [9.17, 15) is 4.79 Å². The van der Waals surface area contributed by atoms with E-state index in [0.29, 0.717) is 11.6 Å². The number of carbonyl (C=O) groups excluding carboxylic acids is 1. The van der Waals surface area contributed by atoms with E-state index in [0.717, 1.165) is 37.9 Å². The fourth-order valence-corrected chi connectivity index (χ4v) is 4.08. The van der Waals surface area contributed by atoms with E-state index in [1.807, 2.05) is 22.5 Å². The zero-order chi connectivity index (χ0) is 16.4. The maximum atomic E-state index is 12.5. The predicted molar refractivity (Wildman–Crippen MR) is 96.2 cm³/mol. The highest BCUT2D eigenvalue weighted by Crippen LogP contribution is 2.25. The molecule has 1 amide bonds. The number of nitrogens with zero attached hydrogens (tertiary/aromatic N) is 3. The van der Waals surface area contributed by atoms with Gasteiger partial charge in [-0.25, -0.2) is 4.98 Å². The summed E-state index contributed by atoms with van der Waals surface area (Å²) >= 11 is 1.47. The number of thiazole rings is 1. The van der Waals surface area contributed by atoms with Gasteiger partial charge in [0.15, 0.2) is 0 Å². The van der Waals surface area contributed by atoms with Gasteiger partial charge in [-0.3, -0.25) is 9.78 Å². The van der Waals surface area contributed by atoms with Gasteiger partial charge in [0, 0.05) is 30.1 Å². The fraction of sp³-hybridized carbons (Fsp3) is 0.316. The Morgan fingerprint density at radius 3 is 3.08 bits per heavy atom. The molecule has 1 unspecified atom stereocenters. The summed E-state index contributed by atoms with van der Waals surface area (Å²) in [5.74, 6) is 0.563. The maximum absolute atomic E-state index is 12.5. The standard InChI is InChI=1S/C19H19N3OS/c23-19(18-12-24-13-21-18)22-9-3-4-14(11-22)10-15-5-1-7-17-16(15)6-2-8-20-17/h1-2,5-8,12-14H,3-4,9-11H2. The van der Waals surface area contributed by atoms with Crippen LogP contribution in [-0.2, 0) is 6.42 Å². The van der Waals surface area contributed by atoms with E-state index < -0.39 is 0 Å². The van der Waals surface area contributed by atoms with E-state index in [1.54, 1.807) is 5.51 Å². The molecule has 4 nitrogen and oxygen atoms in total. The first-order chi connectivity index (χ1) is 11.8. The van der Waals surface area contributed by atoms with Crippen molar-refractivity contribution < 1.29 is 4.79 Å². The Morgan fingerprint density at radius 1 is 1.25 bits per heavy atom. The number of rotatable bonds is 3. The normalized spacial score (nSPS) is 18.0. The van der Waals surface area contributed by atoms with Crippen LogP contribution in [0.4, 0.5) is 0 Å². The third-order valence-electron chi connectivity index (χ3n) is 4.70. The molecule has 0 bridgehead atoms. The second kappa shape index (κ2) is 6.69. The third-order valence-corrected chi connectivity index (χ3v) is 5.29. The lowest BCUT2D eigenvalue weighted by Gasteiger charge is -2.32. The number of benzene rings is 1. The van der Waals surface area contributed by atoms with Crippen LogP contribution in [0.3, 0.4) is 0 Å². The van der Waals surface area contributed by atoms with E-state index >= 15 is 0 Å². The summed E-state index contributed by atoms with van der Waals surface area (Å²) in [5.41, 5.74) is 4.67. The number of amides is 1. The molecule has 0 radical (unpaired) electrons. The van der Waals surface area contributed by atoms with Crippen LogP contribution in [0.5, 0.6) is 0 Å². The number of fused-ring (bicyclic) bond motifs is 1. The Morgan fingerprint density at radius 2 is 2.21 bits per heavy atom. The number of piperidine rings is 1.